The van der Waals surface area contributed by atoms with Crippen LogP contribution in [-0.4, -0.2) is 48.2 Å². The molecule has 0 spiro atoms. The van der Waals surface area contributed by atoms with E-state index < -0.39 is 64.2 Å². The lowest BCUT2D eigenvalue weighted by atomic mass is 10.1. The van der Waals surface area contributed by atoms with Gasteiger partial charge in [0.05, 0.1) is 32.6 Å². The van der Waals surface area contributed by atoms with E-state index in [0.29, 0.717) is 42.6 Å². The fourth-order valence-corrected chi connectivity index (χ4v) is 9.14. The van der Waals surface area contributed by atoms with Gasteiger partial charge in [-0.05, 0) is 109 Å². The van der Waals surface area contributed by atoms with Gasteiger partial charge in [0.15, 0.2) is 11.4 Å². The molecule has 0 saturated carbocycles. The second-order valence-electron chi connectivity index (χ2n) is 15.0. The molecule has 2 amide bonds. The van der Waals surface area contributed by atoms with E-state index in [-0.39, 0.29) is 32.6 Å². The molecule has 24 heteroatoms. The van der Waals surface area contributed by atoms with Crippen LogP contribution in [0.3, 0.4) is 0 Å². The van der Waals surface area contributed by atoms with Gasteiger partial charge in [0.25, 0.3) is 11.8 Å². The molecule has 8 aromatic rings. The number of rotatable bonds is 16. The summed E-state index contributed by atoms with van der Waals surface area (Å²) in [5.74, 6) is -2.86. The zero-order valence-corrected chi connectivity index (χ0v) is 41.3. The van der Waals surface area contributed by atoms with Crippen molar-refractivity contribution in [1.29, 1.82) is 0 Å². The van der Waals surface area contributed by atoms with E-state index in [0.717, 1.165) is 0 Å². The Morgan fingerprint density at radius 1 is 0.557 bits per heavy atom. The van der Waals surface area contributed by atoms with Crippen molar-refractivity contribution in [2.75, 3.05) is 0 Å². The number of hydrogen-bond donors (Lipinski definition) is 4. The van der Waals surface area contributed by atoms with Crippen LogP contribution in [0.1, 0.15) is 44.6 Å². The van der Waals surface area contributed by atoms with E-state index in [1.807, 2.05) is 0 Å². The largest absolute Gasteiger partial charge is 0.702 e. The topological polar surface area (TPSA) is 250 Å². The molecule has 0 aliphatic carbocycles. The van der Waals surface area contributed by atoms with Crippen molar-refractivity contribution >= 4 is 72.0 Å². The van der Waals surface area contributed by atoms with Crippen LogP contribution >= 0.6 is 40.1 Å². The number of benzene rings is 6. The van der Waals surface area contributed by atoms with Gasteiger partial charge in [0.1, 0.15) is 11.6 Å². The summed E-state index contributed by atoms with van der Waals surface area (Å²) in [7, 11) is -11.4. The van der Waals surface area contributed by atoms with Gasteiger partial charge in [-0.3, -0.25) is 9.59 Å². The Balaban J connectivity index is 1.09. The summed E-state index contributed by atoms with van der Waals surface area (Å²) in [4.78, 5) is 27.9. The fourth-order valence-electron chi connectivity index (χ4n) is 6.84. The Morgan fingerprint density at radius 3 is 1.24 bits per heavy atom. The normalized spacial score (nSPS) is 12.8. The molecule has 0 aliphatic heterocycles. The molecule has 0 aliphatic rings. The minimum absolute atomic E-state index is 0.181. The second-order valence-corrected chi connectivity index (χ2v) is 20.8. The average Bonchev–Trinajstić information content (AvgIpc) is 3.98. The maximum Gasteiger partial charge on any atom is 0.702 e. The first-order chi connectivity index (χ1) is 33.3. The molecule has 70 heavy (non-hydrogen) atoms. The number of carbonyl (C=O) groups excluding carboxylic acids is 2. The van der Waals surface area contributed by atoms with Crippen molar-refractivity contribution < 1.29 is 48.8 Å². The van der Waals surface area contributed by atoms with Gasteiger partial charge in [0.2, 0.25) is 32.5 Å². The Hall–Kier alpha value is -6.66. The van der Waals surface area contributed by atoms with Crippen LogP contribution in [0.25, 0.3) is 33.9 Å². The van der Waals surface area contributed by atoms with Crippen LogP contribution in [0, 0.1) is 11.6 Å². The Kier molecular flexibility index (Phi) is 14.7. The highest BCUT2D eigenvalue weighted by Gasteiger charge is 2.36. The van der Waals surface area contributed by atoms with E-state index in [9.17, 15) is 39.8 Å². The van der Waals surface area contributed by atoms with Gasteiger partial charge < -0.3 is 10.6 Å². The number of primary sulfonamides is 2. The van der Waals surface area contributed by atoms with Crippen molar-refractivity contribution in [3.05, 3.63) is 201 Å². The lowest BCUT2D eigenvalue weighted by molar-refractivity contribution is 0.0688. The summed E-state index contributed by atoms with van der Waals surface area (Å²) in [5.41, 5.74) is 1.86. The SMILES string of the molecule is NS(=O)(=O)c1ccc(-n2nc(C(=O)NC(O[P+](=O)OC(NC(=O)c3cc(-c4cccc(F)c4)n(-c4ccc(S(N)(=O)=O)cc4)n3)c3ccc(Br)cc3)c3ccc(Br)cc3)cc2-c2cccc(F)c2)cc1. The highest BCUT2D eigenvalue weighted by Crippen LogP contribution is 2.38. The average molecular weight is 1140 g/mol. The highest BCUT2D eigenvalue weighted by atomic mass is 79.9. The van der Waals surface area contributed by atoms with Crippen molar-refractivity contribution in [1.82, 2.24) is 30.2 Å². The minimum Gasteiger partial charge on any atom is -0.317 e. The molecule has 17 nitrogen and oxygen atoms in total. The highest BCUT2D eigenvalue weighted by molar-refractivity contribution is 9.10. The number of nitrogens with zero attached hydrogens (tertiary/aromatic N) is 4. The van der Waals surface area contributed by atoms with Crippen molar-refractivity contribution in [3.8, 4) is 33.9 Å². The van der Waals surface area contributed by atoms with E-state index in [4.69, 9.17) is 19.3 Å². The van der Waals surface area contributed by atoms with E-state index >= 15 is 0 Å². The number of hydrogen-bond acceptors (Lipinski definition) is 11. The molecule has 356 valence electrons. The molecule has 0 saturated heterocycles. The Labute approximate surface area is 415 Å². The lowest BCUT2D eigenvalue weighted by Gasteiger charge is -2.15. The molecule has 6 N–H and O–H groups in total. The first-order valence-corrected chi connectivity index (χ1v) is 26.0. The maximum absolute atomic E-state index is 14.5. The van der Waals surface area contributed by atoms with Gasteiger partial charge in [0, 0.05) is 35.8 Å². The first-order valence-electron chi connectivity index (χ1n) is 20.2. The molecule has 6 aromatic carbocycles. The summed E-state index contributed by atoms with van der Waals surface area (Å²) in [6.07, 6.45) is -2.99. The fraction of sp³-hybridized carbons (Fsp3) is 0.0435. The third-order valence-corrected chi connectivity index (χ3v) is 13.9. The van der Waals surface area contributed by atoms with Gasteiger partial charge >= 0.3 is 8.25 Å². The van der Waals surface area contributed by atoms with Crippen molar-refractivity contribution in [3.63, 3.8) is 0 Å². The third-order valence-electron chi connectivity index (χ3n) is 10.2. The van der Waals surface area contributed by atoms with Crippen LogP contribution in [0.15, 0.2) is 176 Å². The zero-order valence-electron chi connectivity index (χ0n) is 35.6. The zero-order chi connectivity index (χ0) is 49.9. The van der Waals surface area contributed by atoms with Crippen LogP contribution in [0.2, 0.25) is 0 Å². The number of nitrogens with two attached hydrogens (primary N) is 2. The lowest BCUT2D eigenvalue weighted by Crippen LogP contribution is -2.31. The summed E-state index contributed by atoms with van der Waals surface area (Å²) >= 11 is 6.75. The smallest absolute Gasteiger partial charge is 0.317 e. The van der Waals surface area contributed by atoms with Crippen molar-refractivity contribution in [2.24, 2.45) is 10.3 Å². The molecule has 2 unspecified atom stereocenters. The summed E-state index contributed by atoms with van der Waals surface area (Å²) in [6.45, 7) is 0. The van der Waals surface area contributed by atoms with Crippen LogP contribution in [0.5, 0.6) is 0 Å². The molecule has 2 heterocycles. The minimum atomic E-state index is -4.05. The maximum atomic E-state index is 14.5. The monoisotopic (exact) mass is 1130 g/mol. The molecule has 2 aromatic heterocycles. The number of halogens is 4. The van der Waals surface area contributed by atoms with Gasteiger partial charge in [-0.1, -0.05) is 89.4 Å². The summed E-state index contributed by atoms with van der Waals surface area (Å²) < 4.78 is 107. The molecule has 0 bridgehead atoms. The van der Waals surface area contributed by atoms with E-state index in [1.165, 1.54) is 106 Å². The molecule has 0 fully saturated rings. The van der Waals surface area contributed by atoms with Gasteiger partial charge in [-0.25, -0.2) is 45.3 Å². The van der Waals surface area contributed by atoms with Gasteiger partial charge in [-0.15, -0.1) is 0 Å². The molecule has 8 rings (SSSR count). The quantitative estimate of drug-likeness (QED) is 0.0526. The predicted molar refractivity (Wildman–Crippen MR) is 259 cm³/mol. The van der Waals surface area contributed by atoms with E-state index in [1.54, 1.807) is 60.7 Å². The Bertz CT molecular complexity index is 3280. The molecule has 0 radical (unpaired) electrons. The van der Waals surface area contributed by atoms with Crippen LogP contribution < -0.4 is 20.9 Å². The number of nitrogens with one attached hydrogen (secondary N) is 2. The third kappa shape index (κ3) is 11.8. The summed E-state index contributed by atoms with van der Waals surface area (Å²) in [6, 6.07) is 37.2. The van der Waals surface area contributed by atoms with Gasteiger partial charge in [-0.2, -0.15) is 10.2 Å². The summed E-state index contributed by atoms with van der Waals surface area (Å²) in [5, 5.41) is 24.9. The van der Waals surface area contributed by atoms with Crippen LogP contribution in [-0.2, 0) is 33.7 Å². The van der Waals surface area contributed by atoms with Crippen LogP contribution in [0.4, 0.5) is 8.78 Å². The number of carbonyl (C=O) groups is 2. The number of sulfonamides is 2. The molecular weight excluding hydrogens is 1100 g/mol. The first kappa shape index (κ1) is 49.8. The van der Waals surface area contributed by atoms with E-state index in [2.05, 4.69) is 52.7 Å². The standard InChI is InChI=1S/C46H33Br2F2N8O9PS2/c47-31-11-7-27(8-12-31)45(53-43(59)39-25-41(29-3-1-5-33(49)23-29)57(55-39)35-15-19-37(20-16-35)69(51,62)63)66-68(61)67-46(28-9-13-32(48)14-10-28)54-44(60)40-26-42(30-4-2-6-34(50)24-30)58(56-40)36-17-21-38(22-18-36)70(52,64)65/h1-26,45-46H,(H5-,51,52,53,54,59,60,62,63,64,65)/p+1. The Morgan fingerprint density at radius 2 is 0.914 bits per heavy atom. The predicted octanol–water partition coefficient (Wildman–Crippen LogP) is 8.74. The molecular formula is C46H34Br2F2N8O9PS2+. The second kappa shape index (κ2) is 20.7. The van der Waals surface area contributed by atoms with Crippen molar-refractivity contribution in [2.45, 2.75) is 22.2 Å². The molecule has 2 atom stereocenters. The number of aromatic nitrogens is 4. The number of amides is 2.